The molecule has 0 spiro atoms. The van der Waals surface area contributed by atoms with Crippen molar-refractivity contribution < 1.29 is 22.3 Å². The predicted octanol–water partition coefficient (Wildman–Crippen LogP) is 3.64. The molecule has 2 aromatic carbocycles. The highest BCUT2D eigenvalue weighted by atomic mass is 35.5. The molecule has 1 amide bonds. The van der Waals surface area contributed by atoms with Crippen LogP contribution in [0.1, 0.15) is 32.3 Å². The van der Waals surface area contributed by atoms with Crippen molar-refractivity contribution in [3.63, 3.8) is 0 Å². The molecule has 3 rings (SSSR count). The van der Waals surface area contributed by atoms with Crippen molar-refractivity contribution >= 4 is 27.5 Å². The lowest BCUT2D eigenvalue weighted by atomic mass is 10.1. The first-order chi connectivity index (χ1) is 13.9. The van der Waals surface area contributed by atoms with Gasteiger partial charge in [-0.2, -0.15) is 0 Å². The maximum atomic E-state index is 13.9. The molecule has 0 heterocycles. The fourth-order valence-corrected chi connectivity index (χ4v) is 6.21. The Morgan fingerprint density at radius 1 is 1.23 bits per heavy atom. The van der Waals surface area contributed by atoms with Crippen molar-refractivity contribution in [1.82, 2.24) is 5.32 Å². The van der Waals surface area contributed by atoms with Crippen molar-refractivity contribution in [1.29, 1.82) is 0 Å². The van der Waals surface area contributed by atoms with Crippen molar-refractivity contribution in [3.05, 3.63) is 64.9 Å². The minimum Gasteiger partial charge on any atom is -0.444 e. The summed E-state index contributed by atoms with van der Waals surface area (Å²) in [4.78, 5) is 12.5. The van der Waals surface area contributed by atoms with E-state index in [1.165, 1.54) is 42.5 Å². The van der Waals surface area contributed by atoms with Crippen molar-refractivity contribution in [2.75, 3.05) is 6.54 Å². The molecule has 0 aromatic heterocycles. The SMILES string of the molecule is CC(C)(C)OC(=O)N[C@]1(CN)[C@H](c2cccc(F)c2)[C@H]1S(=O)(=O)c1ccc(Cl)cc1. The van der Waals surface area contributed by atoms with Gasteiger partial charge in [-0.1, -0.05) is 23.7 Å². The molecule has 0 saturated heterocycles. The number of ether oxygens (including phenoxy) is 1. The van der Waals surface area contributed by atoms with Crippen LogP contribution in [-0.2, 0) is 14.6 Å². The number of nitrogens with two attached hydrogens (primary N) is 1. The van der Waals surface area contributed by atoms with Crippen molar-refractivity contribution in [3.8, 4) is 0 Å². The predicted molar refractivity (Wildman–Crippen MR) is 113 cm³/mol. The number of carbonyl (C=O) groups excluding carboxylic acids is 1. The van der Waals surface area contributed by atoms with Crippen LogP contribution in [0.15, 0.2) is 53.4 Å². The third-order valence-electron chi connectivity index (χ3n) is 5.01. The molecule has 162 valence electrons. The Balaban J connectivity index is 2.05. The zero-order valence-electron chi connectivity index (χ0n) is 16.9. The second-order valence-corrected chi connectivity index (χ2v) is 10.8. The van der Waals surface area contributed by atoms with E-state index in [-0.39, 0.29) is 11.4 Å². The van der Waals surface area contributed by atoms with Crippen LogP contribution in [0.2, 0.25) is 5.02 Å². The van der Waals surface area contributed by atoms with E-state index >= 15 is 0 Å². The van der Waals surface area contributed by atoms with E-state index in [9.17, 15) is 17.6 Å². The van der Waals surface area contributed by atoms with E-state index < -0.39 is 44.1 Å². The summed E-state index contributed by atoms with van der Waals surface area (Å²) >= 11 is 5.88. The molecule has 0 aliphatic heterocycles. The highest BCUT2D eigenvalue weighted by Gasteiger charge is 2.71. The number of halogens is 2. The van der Waals surface area contributed by atoms with Crippen LogP contribution in [0.4, 0.5) is 9.18 Å². The summed E-state index contributed by atoms with van der Waals surface area (Å²) in [7, 11) is -3.93. The average molecular weight is 455 g/mol. The maximum Gasteiger partial charge on any atom is 0.408 e. The largest absolute Gasteiger partial charge is 0.444 e. The zero-order chi connectivity index (χ0) is 22.3. The summed E-state index contributed by atoms with van der Waals surface area (Å²) in [6.07, 6.45) is -0.789. The lowest BCUT2D eigenvalue weighted by molar-refractivity contribution is 0.0497. The first-order valence-electron chi connectivity index (χ1n) is 9.37. The molecule has 2 aromatic rings. The molecule has 3 N–H and O–H groups in total. The van der Waals surface area contributed by atoms with Gasteiger partial charge >= 0.3 is 6.09 Å². The van der Waals surface area contributed by atoms with Crippen LogP contribution in [0, 0.1) is 5.82 Å². The number of nitrogens with one attached hydrogen (secondary N) is 1. The number of hydrogen-bond acceptors (Lipinski definition) is 5. The molecule has 1 aliphatic carbocycles. The van der Waals surface area contributed by atoms with E-state index in [1.807, 2.05) is 0 Å². The summed E-state index contributed by atoms with van der Waals surface area (Å²) in [5.41, 5.74) is 4.29. The fraction of sp³-hybridized carbons (Fsp3) is 0.381. The van der Waals surface area contributed by atoms with Crippen LogP contribution in [-0.4, -0.2) is 37.4 Å². The summed E-state index contributed by atoms with van der Waals surface area (Å²) in [5.74, 6) is -1.25. The molecular weight excluding hydrogens is 431 g/mol. The summed E-state index contributed by atoms with van der Waals surface area (Å²) < 4.78 is 46.1. The smallest absolute Gasteiger partial charge is 0.408 e. The average Bonchev–Trinajstić information content (AvgIpc) is 3.30. The quantitative estimate of drug-likeness (QED) is 0.718. The molecule has 9 heteroatoms. The first kappa shape index (κ1) is 22.5. The molecular formula is C21H24ClFN2O4S. The molecule has 3 atom stereocenters. The number of benzene rings is 2. The lowest BCUT2D eigenvalue weighted by Gasteiger charge is -2.24. The Morgan fingerprint density at radius 2 is 1.87 bits per heavy atom. The fourth-order valence-electron chi connectivity index (χ4n) is 3.74. The minimum absolute atomic E-state index is 0.0413. The van der Waals surface area contributed by atoms with Gasteiger partial charge in [-0.3, -0.25) is 0 Å². The molecule has 0 radical (unpaired) electrons. The molecule has 30 heavy (non-hydrogen) atoms. The number of amides is 1. The number of rotatable bonds is 5. The van der Waals surface area contributed by atoms with Gasteiger partial charge in [0.05, 0.1) is 10.4 Å². The third kappa shape index (κ3) is 4.31. The maximum absolute atomic E-state index is 13.9. The standard InChI is InChI=1S/C21H24ClFN2O4S/c1-20(2,3)29-19(26)25-21(12-24)17(13-5-4-6-15(23)11-13)18(21)30(27,28)16-9-7-14(22)8-10-16/h4-11,17-18H,12,24H2,1-3H3,(H,25,26)/t17-,18-,21-/m1/s1. The van der Waals surface area contributed by atoms with E-state index in [0.717, 1.165) is 0 Å². The normalized spacial score (nSPS) is 23.7. The molecule has 1 fully saturated rings. The third-order valence-corrected chi connectivity index (χ3v) is 7.55. The van der Waals surface area contributed by atoms with Crippen LogP contribution in [0.3, 0.4) is 0 Å². The van der Waals surface area contributed by atoms with Gasteiger partial charge in [0.2, 0.25) is 0 Å². The van der Waals surface area contributed by atoms with Gasteiger partial charge in [0.1, 0.15) is 16.7 Å². The Kier molecular flexibility index (Phi) is 5.88. The highest BCUT2D eigenvalue weighted by Crippen LogP contribution is 2.57. The number of sulfone groups is 1. The van der Waals surface area contributed by atoms with Crippen LogP contribution in [0.5, 0.6) is 0 Å². The van der Waals surface area contributed by atoms with Crippen molar-refractivity contribution in [2.24, 2.45) is 5.73 Å². The van der Waals surface area contributed by atoms with Crippen molar-refractivity contribution in [2.45, 2.75) is 48.0 Å². The monoisotopic (exact) mass is 454 g/mol. The second kappa shape index (κ2) is 7.83. The summed E-state index contributed by atoms with van der Waals surface area (Å²) in [6.45, 7) is 4.91. The minimum atomic E-state index is -3.93. The molecule has 1 saturated carbocycles. The van der Waals surface area contributed by atoms with E-state index in [4.69, 9.17) is 22.1 Å². The Bertz CT molecular complexity index is 1050. The van der Waals surface area contributed by atoms with E-state index in [2.05, 4.69) is 5.32 Å². The number of carbonyl (C=O) groups is 1. The van der Waals surface area contributed by atoms with Crippen LogP contribution >= 0.6 is 11.6 Å². The van der Waals surface area contributed by atoms with E-state index in [0.29, 0.717) is 10.6 Å². The van der Waals surface area contributed by atoms with Gasteiger partial charge < -0.3 is 15.8 Å². The van der Waals surface area contributed by atoms with Crippen LogP contribution < -0.4 is 11.1 Å². The van der Waals surface area contributed by atoms with Gasteiger partial charge in [0.25, 0.3) is 0 Å². The van der Waals surface area contributed by atoms with Gasteiger partial charge in [0, 0.05) is 17.5 Å². The summed E-state index contributed by atoms with van der Waals surface area (Å²) in [5, 5.41) is 1.97. The lowest BCUT2D eigenvalue weighted by Crippen LogP contribution is -2.49. The first-order valence-corrected chi connectivity index (χ1v) is 11.3. The molecule has 0 bridgehead atoms. The molecule has 1 aliphatic rings. The van der Waals surface area contributed by atoms with Gasteiger partial charge in [0.15, 0.2) is 9.84 Å². The van der Waals surface area contributed by atoms with E-state index in [1.54, 1.807) is 26.8 Å². The topological polar surface area (TPSA) is 98.5 Å². The second-order valence-electron chi connectivity index (χ2n) is 8.32. The summed E-state index contributed by atoms with van der Waals surface area (Å²) in [6, 6.07) is 11.4. The Morgan fingerprint density at radius 3 is 2.40 bits per heavy atom. The molecule has 6 nitrogen and oxygen atoms in total. The molecule has 0 unspecified atom stereocenters. The van der Waals surface area contributed by atoms with Crippen LogP contribution in [0.25, 0.3) is 0 Å². The highest BCUT2D eigenvalue weighted by molar-refractivity contribution is 7.92. The van der Waals surface area contributed by atoms with Gasteiger partial charge in [-0.25, -0.2) is 17.6 Å². The number of alkyl carbamates (subject to hydrolysis) is 1. The van der Waals surface area contributed by atoms with Gasteiger partial charge in [-0.15, -0.1) is 0 Å². The Hall–Kier alpha value is -2.16. The van der Waals surface area contributed by atoms with Gasteiger partial charge in [-0.05, 0) is 62.7 Å². The zero-order valence-corrected chi connectivity index (χ0v) is 18.4. The number of hydrogen-bond donors (Lipinski definition) is 2. The Labute approximate surface area is 180 Å².